The molecule has 2 aromatic rings. The van der Waals surface area contributed by atoms with E-state index in [0.717, 1.165) is 11.1 Å². The molecule has 0 atom stereocenters. The van der Waals surface area contributed by atoms with Crippen molar-refractivity contribution in [1.29, 1.82) is 0 Å². The van der Waals surface area contributed by atoms with Crippen LogP contribution in [0.5, 0.6) is 0 Å². The number of aliphatic hydroxyl groups is 1. The van der Waals surface area contributed by atoms with Crippen LogP contribution in [-0.4, -0.2) is 15.9 Å². The molecule has 4 nitrogen and oxygen atoms in total. The summed E-state index contributed by atoms with van der Waals surface area (Å²) in [6, 6.07) is 3.88. The molecule has 0 fully saturated rings. The molecule has 4 heteroatoms. The number of hydrogen-bond donors (Lipinski definition) is 1. The molecule has 2 rings (SSSR count). The lowest BCUT2D eigenvalue weighted by Gasteiger charge is -1.98. The van der Waals surface area contributed by atoms with Crippen molar-refractivity contribution in [2.24, 2.45) is 0 Å². The second kappa shape index (κ2) is 4.29. The molecule has 0 spiro atoms. The molecule has 0 saturated carbocycles. The lowest BCUT2D eigenvalue weighted by Crippen LogP contribution is -1.99. The number of fused-ring (bicyclic) bond motifs is 1. The van der Waals surface area contributed by atoms with Crippen molar-refractivity contribution in [3.63, 3.8) is 0 Å². The summed E-state index contributed by atoms with van der Waals surface area (Å²) < 4.78 is 5.59. The van der Waals surface area contributed by atoms with Crippen LogP contribution in [0.15, 0.2) is 22.3 Å². The van der Waals surface area contributed by atoms with Crippen LogP contribution in [0.2, 0.25) is 0 Å². The Morgan fingerprint density at radius 3 is 2.50 bits per heavy atom. The van der Waals surface area contributed by atoms with Crippen molar-refractivity contribution in [3.05, 3.63) is 34.9 Å². The van der Waals surface area contributed by atoms with Gasteiger partial charge in [0.15, 0.2) is 11.4 Å². The van der Waals surface area contributed by atoms with Gasteiger partial charge in [-0.15, -0.1) is 0 Å². The van der Waals surface area contributed by atoms with Gasteiger partial charge in [0.1, 0.15) is 16.8 Å². The predicted octanol–water partition coefficient (Wildman–Crippen LogP) is 3.32. The normalized spacial score (nSPS) is 12.7. The second-order valence-corrected chi connectivity index (χ2v) is 4.47. The molecule has 0 aliphatic heterocycles. The summed E-state index contributed by atoms with van der Waals surface area (Å²) in [6.07, 6.45) is 0. The Kier molecular flexibility index (Phi) is 2.95. The first kappa shape index (κ1) is 12.4. The monoisotopic (exact) mass is 245 g/mol. The van der Waals surface area contributed by atoms with Gasteiger partial charge in [-0.2, -0.15) is 0 Å². The van der Waals surface area contributed by atoms with Crippen molar-refractivity contribution < 1.29 is 14.3 Å². The third-order valence-electron chi connectivity index (χ3n) is 2.75. The molecule has 0 amide bonds. The first-order valence-electron chi connectivity index (χ1n) is 5.69. The Balaban J connectivity index is 2.71. The van der Waals surface area contributed by atoms with Crippen LogP contribution in [0.25, 0.3) is 16.7 Å². The highest BCUT2D eigenvalue weighted by Gasteiger charge is 2.18. The minimum atomic E-state index is -0.268. The number of carbonyl (C=O) groups is 1. The number of carbonyl (C=O) groups excluding carboxylic acids is 1. The van der Waals surface area contributed by atoms with Crippen molar-refractivity contribution in [3.8, 4) is 0 Å². The van der Waals surface area contributed by atoms with E-state index in [1.807, 2.05) is 26.0 Å². The van der Waals surface area contributed by atoms with E-state index >= 15 is 0 Å². The SMILES string of the molecule is CC(=O)/C(=C(\C)O)c1nc2cc(C)cc(C)c2o1. The molecule has 1 aromatic carbocycles. The van der Waals surface area contributed by atoms with E-state index in [-0.39, 0.29) is 23.0 Å². The lowest BCUT2D eigenvalue weighted by molar-refractivity contribution is -0.112. The fourth-order valence-electron chi connectivity index (χ4n) is 2.04. The van der Waals surface area contributed by atoms with Crippen LogP contribution in [0.1, 0.15) is 30.9 Å². The molecule has 1 aromatic heterocycles. The highest BCUT2D eigenvalue weighted by molar-refractivity contribution is 6.19. The Morgan fingerprint density at radius 1 is 1.28 bits per heavy atom. The van der Waals surface area contributed by atoms with Crippen LogP contribution in [0.3, 0.4) is 0 Å². The molecule has 1 heterocycles. The molecular weight excluding hydrogens is 230 g/mol. The van der Waals surface area contributed by atoms with Gasteiger partial charge in [0.2, 0.25) is 5.89 Å². The van der Waals surface area contributed by atoms with Crippen LogP contribution < -0.4 is 0 Å². The molecule has 0 saturated heterocycles. The number of benzene rings is 1. The summed E-state index contributed by atoms with van der Waals surface area (Å²) in [5, 5.41) is 9.54. The van der Waals surface area contributed by atoms with Gasteiger partial charge in [-0.1, -0.05) is 6.07 Å². The number of rotatable bonds is 2. The summed E-state index contributed by atoms with van der Waals surface area (Å²) in [6.45, 7) is 6.72. The predicted molar refractivity (Wildman–Crippen MR) is 69.4 cm³/mol. The van der Waals surface area contributed by atoms with E-state index in [4.69, 9.17) is 4.42 Å². The first-order chi connectivity index (χ1) is 8.40. The third-order valence-corrected chi connectivity index (χ3v) is 2.75. The van der Waals surface area contributed by atoms with Gasteiger partial charge in [-0.25, -0.2) is 4.98 Å². The van der Waals surface area contributed by atoms with Gasteiger partial charge in [-0.05, 0) is 44.9 Å². The molecule has 0 radical (unpaired) electrons. The topological polar surface area (TPSA) is 63.3 Å². The summed E-state index contributed by atoms with van der Waals surface area (Å²) in [7, 11) is 0. The average Bonchev–Trinajstić information content (AvgIpc) is 2.59. The van der Waals surface area contributed by atoms with Crippen molar-refractivity contribution in [1.82, 2.24) is 4.98 Å². The number of nitrogens with zero attached hydrogens (tertiary/aromatic N) is 1. The fourth-order valence-corrected chi connectivity index (χ4v) is 2.04. The number of allylic oxidation sites excluding steroid dienone is 2. The Bertz CT molecular complexity index is 661. The van der Waals surface area contributed by atoms with E-state index in [0.29, 0.717) is 11.1 Å². The zero-order chi connectivity index (χ0) is 13.4. The van der Waals surface area contributed by atoms with E-state index in [2.05, 4.69) is 4.98 Å². The van der Waals surface area contributed by atoms with Crippen LogP contribution in [0, 0.1) is 13.8 Å². The molecule has 0 aliphatic carbocycles. The Labute approximate surface area is 105 Å². The number of hydrogen-bond acceptors (Lipinski definition) is 4. The molecule has 1 N–H and O–H groups in total. The van der Waals surface area contributed by atoms with Gasteiger partial charge < -0.3 is 9.52 Å². The van der Waals surface area contributed by atoms with Crippen molar-refractivity contribution in [2.45, 2.75) is 27.7 Å². The van der Waals surface area contributed by atoms with Gasteiger partial charge in [0.05, 0.1) is 0 Å². The quantitative estimate of drug-likeness (QED) is 0.651. The van der Waals surface area contributed by atoms with Crippen LogP contribution in [0.4, 0.5) is 0 Å². The van der Waals surface area contributed by atoms with E-state index in [1.165, 1.54) is 13.8 Å². The summed E-state index contributed by atoms with van der Waals surface area (Å²) in [4.78, 5) is 15.8. The largest absolute Gasteiger partial charge is 0.512 e. The van der Waals surface area contributed by atoms with E-state index < -0.39 is 0 Å². The molecule has 0 bridgehead atoms. The Morgan fingerprint density at radius 2 is 1.94 bits per heavy atom. The average molecular weight is 245 g/mol. The number of aliphatic hydroxyl groups excluding tert-OH is 1. The highest BCUT2D eigenvalue weighted by atomic mass is 16.4. The lowest BCUT2D eigenvalue weighted by atomic mass is 10.1. The van der Waals surface area contributed by atoms with Gasteiger partial charge in [0.25, 0.3) is 0 Å². The minimum Gasteiger partial charge on any atom is -0.512 e. The highest BCUT2D eigenvalue weighted by Crippen LogP contribution is 2.26. The summed E-state index contributed by atoms with van der Waals surface area (Å²) >= 11 is 0. The van der Waals surface area contributed by atoms with Crippen molar-refractivity contribution in [2.75, 3.05) is 0 Å². The number of oxazole rings is 1. The third kappa shape index (κ3) is 2.01. The molecule has 18 heavy (non-hydrogen) atoms. The molecule has 0 aliphatic rings. The number of aromatic nitrogens is 1. The number of ketones is 1. The minimum absolute atomic E-state index is 0.0802. The fraction of sp³-hybridized carbons (Fsp3) is 0.286. The number of aryl methyl sites for hydroxylation is 2. The van der Waals surface area contributed by atoms with E-state index in [9.17, 15) is 9.90 Å². The van der Waals surface area contributed by atoms with Gasteiger partial charge in [-0.3, -0.25) is 4.79 Å². The zero-order valence-electron chi connectivity index (χ0n) is 10.9. The zero-order valence-corrected chi connectivity index (χ0v) is 10.9. The maximum Gasteiger partial charge on any atom is 0.234 e. The second-order valence-electron chi connectivity index (χ2n) is 4.47. The summed E-state index contributed by atoms with van der Waals surface area (Å²) in [5.74, 6) is -0.175. The standard InChI is InChI=1S/C14H15NO3/c1-7-5-8(2)13-11(6-7)15-14(18-13)12(9(3)16)10(4)17/h5-6,16H,1-4H3/b12-9-. The first-order valence-corrected chi connectivity index (χ1v) is 5.69. The van der Waals surface area contributed by atoms with E-state index in [1.54, 1.807) is 0 Å². The van der Waals surface area contributed by atoms with Crippen LogP contribution in [-0.2, 0) is 4.79 Å². The van der Waals surface area contributed by atoms with Gasteiger partial charge >= 0.3 is 0 Å². The van der Waals surface area contributed by atoms with Crippen LogP contribution >= 0.6 is 0 Å². The smallest absolute Gasteiger partial charge is 0.234 e. The van der Waals surface area contributed by atoms with Crippen molar-refractivity contribution >= 4 is 22.5 Å². The molecule has 94 valence electrons. The maximum atomic E-state index is 11.5. The Hall–Kier alpha value is -2.10. The number of Topliss-reactive ketones (excluding diaryl/α,β-unsaturated/α-hetero) is 1. The summed E-state index contributed by atoms with van der Waals surface area (Å²) in [5.41, 5.74) is 3.51. The maximum absolute atomic E-state index is 11.5. The molecule has 0 unspecified atom stereocenters. The van der Waals surface area contributed by atoms with Gasteiger partial charge in [0, 0.05) is 0 Å². The molecular formula is C14H15NO3.